The molecule has 1 aliphatic rings. The van der Waals surface area contributed by atoms with Gasteiger partial charge in [0.25, 0.3) is 0 Å². The zero-order valence-electron chi connectivity index (χ0n) is 9.01. The molecule has 1 rings (SSSR count). The lowest BCUT2D eigenvalue weighted by molar-refractivity contribution is -0.0874. The summed E-state index contributed by atoms with van der Waals surface area (Å²) in [5.41, 5.74) is 0. The van der Waals surface area contributed by atoms with Crippen molar-refractivity contribution < 1.29 is 8.95 Å². The van der Waals surface area contributed by atoms with Gasteiger partial charge in [-0.25, -0.2) is 0 Å². The van der Waals surface area contributed by atoms with Crippen molar-refractivity contribution in [1.82, 2.24) is 5.06 Å². The number of hydrogen-bond donors (Lipinski definition) is 0. The van der Waals surface area contributed by atoms with E-state index < -0.39 is 8.56 Å². The van der Waals surface area contributed by atoms with Gasteiger partial charge in [0.15, 0.2) is 0 Å². The molecule has 1 atom stereocenters. The smallest absolute Gasteiger partial charge is 0.355 e. The van der Waals surface area contributed by atoms with Crippen molar-refractivity contribution in [3.8, 4) is 0 Å². The first-order valence-corrected chi connectivity index (χ1v) is 7.80. The fourth-order valence-corrected chi connectivity index (χ4v) is 4.17. The van der Waals surface area contributed by atoms with E-state index in [1.165, 1.54) is 12.8 Å². The Morgan fingerprint density at radius 3 is 2.46 bits per heavy atom. The van der Waals surface area contributed by atoms with Gasteiger partial charge in [-0.3, -0.25) is 0 Å². The minimum Gasteiger partial charge on any atom is -0.394 e. The van der Waals surface area contributed by atoms with Crippen LogP contribution in [0.25, 0.3) is 0 Å². The maximum absolute atomic E-state index is 5.93. The fourth-order valence-electron chi connectivity index (χ4n) is 1.61. The third-order valence-electron chi connectivity index (χ3n) is 2.46. The standard InChI is InChI=1S/C9H21NO2Si/c1-4-10(5-2)12-13(3)9-7-6-8-11-13/h4-9H2,1-3H3. The van der Waals surface area contributed by atoms with Gasteiger partial charge in [-0.05, 0) is 25.4 Å². The van der Waals surface area contributed by atoms with Crippen molar-refractivity contribution in [1.29, 1.82) is 0 Å². The molecule has 3 nitrogen and oxygen atoms in total. The van der Waals surface area contributed by atoms with Gasteiger partial charge in [-0.15, -0.1) is 0 Å². The molecule has 0 radical (unpaired) electrons. The Bertz CT molecular complexity index is 145. The Morgan fingerprint density at radius 1 is 1.31 bits per heavy atom. The van der Waals surface area contributed by atoms with E-state index in [0.717, 1.165) is 25.7 Å². The van der Waals surface area contributed by atoms with E-state index in [2.05, 4.69) is 20.4 Å². The first-order chi connectivity index (χ1) is 6.20. The summed E-state index contributed by atoms with van der Waals surface area (Å²) in [7, 11) is -1.82. The van der Waals surface area contributed by atoms with Crippen LogP contribution in [0.3, 0.4) is 0 Å². The van der Waals surface area contributed by atoms with Crippen LogP contribution in [-0.2, 0) is 8.95 Å². The highest BCUT2D eigenvalue weighted by Gasteiger charge is 2.35. The summed E-state index contributed by atoms with van der Waals surface area (Å²) < 4.78 is 11.7. The lowest BCUT2D eigenvalue weighted by Crippen LogP contribution is -2.47. The first-order valence-electron chi connectivity index (χ1n) is 5.28. The second-order valence-electron chi connectivity index (χ2n) is 3.64. The normalized spacial score (nSPS) is 29.5. The van der Waals surface area contributed by atoms with Crippen molar-refractivity contribution in [2.24, 2.45) is 0 Å². The molecule has 78 valence electrons. The summed E-state index contributed by atoms with van der Waals surface area (Å²) in [5.74, 6) is 0. The molecule has 0 amide bonds. The summed E-state index contributed by atoms with van der Waals surface area (Å²) in [5, 5.41) is 2.01. The van der Waals surface area contributed by atoms with E-state index in [0.29, 0.717) is 0 Å². The highest BCUT2D eigenvalue weighted by molar-refractivity contribution is 6.66. The molecule has 1 aliphatic heterocycles. The molecule has 0 N–H and O–H groups in total. The molecule has 1 heterocycles. The van der Waals surface area contributed by atoms with E-state index in [-0.39, 0.29) is 0 Å². The van der Waals surface area contributed by atoms with Crippen molar-refractivity contribution in [2.75, 3.05) is 19.7 Å². The van der Waals surface area contributed by atoms with Gasteiger partial charge in [0.2, 0.25) is 0 Å². The van der Waals surface area contributed by atoms with E-state index in [9.17, 15) is 0 Å². The van der Waals surface area contributed by atoms with Crippen LogP contribution in [0.15, 0.2) is 0 Å². The Morgan fingerprint density at radius 2 is 2.00 bits per heavy atom. The fraction of sp³-hybridized carbons (Fsp3) is 1.00. The van der Waals surface area contributed by atoms with Crippen molar-refractivity contribution in [2.45, 2.75) is 39.3 Å². The zero-order valence-corrected chi connectivity index (χ0v) is 10.0. The first kappa shape index (κ1) is 11.2. The van der Waals surface area contributed by atoms with Crippen LogP contribution < -0.4 is 0 Å². The van der Waals surface area contributed by atoms with Crippen molar-refractivity contribution >= 4 is 8.56 Å². The summed E-state index contributed by atoms with van der Waals surface area (Å²) in [6.45, 7) is 9.19. The average Bonchev–Trinajstić information content (AvgIpc) is 2.15. The summed E-state index contributed by atoms with van der Waals surface area (Å²) >= 11 is 0. The van der Waals surface area contributed by atoms with Gasteiger partial charge >= 0.3 is 8.56 Å². The monoisotopic (exact) mass is 203 g/mol. The molecule has 0 aromatic carbocycles. The molecule has 0 bridgehead atoms. The molecule has 1 fully saturated rings. The third-order valence-corrected chi connectivity index (χ3v) is 5.18. The minimum atomic E-state index is -1.82. The molecule has 1 saturated heterocycles. The molecule has 0 saturated carbocycles. The highest BCUT2D eigenvalue weighted by atomic mass is 28.4. The van der Waals surface area contributed by atoms with Gasteiger partial charge in [0, 0.05) is 19.7 Å². The molecule has 0 aromatic heterocycles. The summed E-state index contributed by atoms with van der Waals surface area (Å²) in [6.07, 6.45) is 2.47. The Hall–Kier alpha value is 0.0969. The quantitative estimate of drug-likeness (QED) is 0.516. The molecular weight excluding hydrogens is 182 g/mol. The van der Waals surface area contributed by atoms with E-state index in [4.69, 9.17) is 8.95 Å². The van der Waals surface area contributed by atoms with E-state index in [1.54, 1.807) is 0 Å². The maximum Gasteiger partial charge on any atom is 0.355 e. The lowest BCUT2D eigenvalue weighted by atomic mass is 10.4. The van der Waals surface area contributed by atoms with Gasteiger partial charge in [-0.2, -0.15) is 5.06 Å². The minimum absolute atomic E-state index is 0.893. The van der Waals surface area contributed by atoms with Crippen LogP contribution in [0.1, 0.15) is 26.7 Å². The summed E-state index contributed by atoms with van der Waals surface area (Å²) in [4.78, 5) is 0. The Labute approximate surface area is 82.2 Å². The van der Waals surface area contributed by atoms with Gasteiger partial charge in [-0.1, -0.05) is 13.8 Å². The molecule has 4 heteroatoms. The predicted octanol–water partition coefficient (Wildman–Crippen LogP) is 2.14. The summed E-state index contributed by atoms with van der Waals surface area (Å²) in [6, 6.07) is 1.14. The molecule has 0 aliphatic carbocycles. The zero-order chi connectivity index (χ0) is 9.73. The van der Waals surface area contributed by atoms with Crippen molar-refractivity contribution in [3.63, 3.8) is 0 Å². The van der Waals surface area contributed by atoms with Crippen LogP contribution >= 0.6 is 0 Å². The largest absolute Gasteiger partial charge is 0.394 e. The molecular formula is C9H21NO2Si. The van der Waals surface area contributed by atoms with Crippen LogP contribution in [-0.4, -0.2) is 33.3 Å². The second kappa shape index (κ2) is 5.10. The van der Waals surface area contributed by atoms with E-state index in [1.807, 2.05) is 5.06 Å². The van der Waals surface area contributed by atoms with Gasteiger partial charge < -0.3 is 8.95 Å². The van der Waals surface area contributed by atoms with Gasteiger partial charge in [0.1, 0.15) is 0 Å². The lowest BCUT2D eigenvalue weighted by Gasteiger charge is -2.34. The molecule has 13 heavy (non-hydrogen) atoms. The number of hydrogen-bond acceptors (Lipinski definition) is 3. The molecule has 1 unspecified atom stereocenters. The number of nitrogens with zero attached hydrogens (tertiary/aromatic N) is 1. The molecule has 0 aromatic rings. The third kappa shape index (κ3) is 3.38. The second-order valence-corrected chi connectivity index (χ2v) is 6.88. The SMILES string of the molecule is CCN(CC)O[Si]1(C)CCCCO1. The topological polar surface area (TPSA) is 21.7 Å². The van der Waals surface area contributed by atoms with Crippen LogP contribution in [0, 0.1) is 0 Å². The maximum atomic E-state index is 5.93. The number of hydroxylamine groups is 2. The Balaban J connectivity index is 2.39. The highest BCUT2D eigenvalue weighted by Crippen LogP contribution is 2.23. The average molecular weight is 203 g/mol. The van der Waals surface area contributed by atoms with Crippen molar-refractivity contribution in [3.05, 3.63) is 0 Å². The van der Waals surface area contributed by atoms with Crippen LogP contribution in [0.4, 0.5) is 0 Å². The van der Waals surface area contributed by atoms with E-state index >= 15 is 0 Å². The molecule has 0 spiro atoms. The Kier molecular flexibility index (Phi) is 4.38. The van der Waals surface area contributed by atoms with Crippen LogP contribution in [0.2, 0.25) is 12.6 Å². The van der Waals surface area contributed by atoms with Crippen LogP contribution in [0.5, 0.6) is 0 Å². The van der Waals surface area contributed by atoms with Gasteiger partial charge in [0.05, 0.1) is 0 Å². The number of rotatable bonds is 4. The predicted molar refractivity (Wildman–Crippen MR) is 55.6 cm³/mol.